The van der Waals surface area contributed by atoms with Gasteiger partial charge in [-0.25, -0.2) is 13.8 Å². The first kappa shape index (κ1) is 26.1. The Morgan fingerprint density at radius 3 is 2.56 bits per heavy atom. The summed E-state index contributed by atoms with van der Waals surface area (Å²) in [6.45, 7) is 7.22. The van der Waals surface area contributed by atoms with Crippen LogP contribution in [0.3, 0.4) is 0 Å². The van der Waals surface area contributed by atoms with Gasteiger partial charge in [0.05, 0.1) is 5.56 Å². The van der Waals surface area contributed by atoms with Crippen LogP contribution >= 0.6 is 0 Å². The summed E-state index contributed by atoms with van der Waals surface area (Å²) in [5.41, 5.74) is 3.53. The lowest BCUT2D eigenvalue weighted by Gasteiger charge is -2.34. The van der Waals surface area contributed by atoms with Crippen molar-refractivity contribution in [3.8, 4) is 0 Å². The number of benzene rings is 1. The number of anilines is 4. The minimum absolute atomic E-state index is 0.107. The molecule has 0 unspecified atom stereocenters. The van der Waals surface area contributed by atoms with Gasteiger partial charge in [-0.05, 0) is 56.5 Å². The van der Waals surface area contributed by atoms with Crippen molar-refractivity contribution in [2.24, 2.45) is 5.92 Å². The molecule has 0 radical (unpaired) electrons. The number of likely N-dealkylation sites (N-methyl/N-ethyl adjacent to an activating group) is 1. The van der Waals surface area contributed by atoms with Gasteiger partial charge in [0.1, 0.15) is 5.82 Å². The number of rotatable bonds is 11. The summed E-state index contributed by atoms with van der Waals surface area (Å²) in [6, 6.07) is 8.00. The van der Waals surface area contributed by atoms with Gasteiger partial charge in [-0.15, -0.1) is 0 Å². The molecule has 2 heterocycles. The average Bonchev–Trinajstić information content (AvgIpc) is 2.83. The van der Waals surface area contributed by atoms with E-state index in [4.69, 9.17) is 0 Å². The Labute approximate surface area is 212 Å². The van der Waals surface area contributed by atoms with E-state index in [9.17, 15) is 13.6 Å². The van der Waals surface area contributed by atoms with E-state index in [2.05, 4.69) is 56.8 Å². The molecule has 196 valence electrons. The number of hydrogen-bond acceptors (Lipinski definition) is 6. The van der Waals surface area contributed by atoms with E-state index in [-0.39, 0.29) is 17.4 Å². The van der Waals surface area contributed by atoms with E-state index < -0.39 is 6.43 Å². The van der Waals surface area contributed by atoms with Gasteiger partial charge in [-0.3, -0.25) is 4.79 Å². The molecule has 2 fully saturated rings. The Balaban J connectivity index is 1.38. The SMILES string of the molecule is CCc1cc(N2CCN(C)CC2)ccc1Nc1cc(NCCCNC(=O)C2CCC2)c(C(F)F)cn1. The van der Waals surface area contributed by atoms with E-state index in [0.29, 0.717) is 31.0 Å². The monoisotopic (exact) mass is 500 g/mol. The van der Waals surface area contributed by atoms with Gasteiger partial charge in [-0.1, -0.05) is 13.3 Å². The largest absolute Gasteiger partial charge is 0.384 e. The molecule has 1 saturated heterocycles. The van der Waals surface area contributed by atoms with Gasteiger partial charge in [0, 0.05) is 74.5 Å². The predicted octanol–water partition coefficient (Wildman–Crippen LogP) is 4.80. The van der Waals surface area contributed by atoms with Gasteiger partial charge in [0.2, 0.25) is 5.91 Å². The molecular formula is C27H38F2N6O. The molecule has 4 rings (SSSR count). The topological polar surface area (TPSA) is 72.5 Å². The van der Waals surface area contributed by atoms with Crippen LogP contribution in [-0.2, 0) is 11.2 Å². The zero-order valence-electron chi connectivity index (χ0n) is 21.3. The molecule has 9 heteroatoms. The fourth-order valence-corrected chi connectivity index (χ4v) is 4.59. The van der Waals surface area contributed by atoms with E-state index in [0.717, 1.165) is 63.1 Å². The summed E-state index contributed by atoms with van der Waals surface area (Å²) in [6.07, 6.45) is 3.16. The first-order valence-corrected chi connectivity index (χ1v) is 13.1. The van der Waals surface area contributed by atoms with Crippen LogP contribution in [-0.4, -0.2) is 62.1 Å². The van der Waals surface area contributed by atoms with Crippen molar-refractivity contribution in [2.75, 3.05) is 61.8 Å². The highest BCUT2D eigenvalue weighted by atomic mass is 19.3. The molecule has 1 aromatic heterocycles. The fourth-order valence-electron chi connectivity index (χ4n) is 4.59. The van der Waals surface area contributed by atoms with Crippen molar-refractivity contribution in [3.63, 3.8) is 0 Å². The number of aromatic nitrogens is 1. The average molecular weight is 501 g/mol. The van der Waals surface area contributed by atoms with Gasteiger partial charge in [0.15, 0.2) is 0 Å². The maximum atomic E-state index is 13.6. The number of alkyl halides is 2. The molecule has 3 N–H and O–H groups in total. The third kappa shape index (κ3) is 6.63. The Morgan fingerprint density at radius 1 is 1.11 bits per heavy atom. The molecule has 1 aliphatic carbocycles. The zero-order valence-corrected chi connectivity index (χ0v) is 21.3. The van der Waals surface area contributed by atoms with Gasteiger partial charge < -0.3 is 25.8 Å². The highest BCUT2D eigenvalue weighted by Gasteiger charge is 2.24. The highest BCUT2D eigenvalue weighted by molar-refractivity contribution is 5.79. The van der Waals surface area contributed by atoms with Crippen LogP contribution in [0, 0.1) is 5.92 Å². The Bertz CT molecular complexity index is 1020. The third-order valence-electron chi connectivity index (χ3n) is 7.21. The summed E-state index contributed by atoms with van der Waals surface area (Å²) >= 11 is 0. The molecule has 1 amide bonds. The highest BCUT2D eigenvalue weighted by Crippen LogP contribution is 2.31. The standard InChI is InChI=1S/C27H38F2N6O/c1-3-19-16-21(35-14-12-34(2)13-15-35)8-9-23(19)33-25-17-24(22(18-32-25)26(28)29)30-10-5-11-31-27(36)20-6-4-7-20/h8-9,16-18,20,26H,3-7,10-15H2,1-2H3,(H,31,36)(H2,30,32,33). The molecular weight excluding hydrogens is 462 g/mol. The van der Waals surface area contributed by atoms with Crippen molar-refractivity contribution in [1.82, 2.24) is 15.2 Å². The van der Waals surface area contributed by atoms with Crippen LogP contribution in [0.2, 0.25) is 0 Å². The lowest BCUT2D eigenvalue weighted by Crippen LogP contribution is -2.44. The van der Waals surface area contributed by atoms with Crippen molar-refractivity contribution in [2.45, 2.75) is 45.5 Å². The van der Waals surface area contributed by atoms with Crippen molar-refractivity contribution in [1.29, 1.82) is 0 Å². The summed E-state index contributed by atoms with van der Waals surface area (Å²) in [5.74, 6) is 0.776. The molecule has 0 spiro atoms. The second kappa shape index (κ2) is 12.3. The number of piperazine rings is 1. The molecule has 2 aromatic rings. The summed E-state index contributed by atoms with van der Waals surface area (Å²) in [7, 11) is 2.14. The van der Waals surface area contributed by atoms with Gasteiger partial charge >= 0.3 is 0 Å². The molecule has 0 atom stereocenters. The Morgan fingerprint density at radius 2 is 1.89 bits per heavy atom. The van der Waals surface area contributed by atoms with Crippen LogP contribution in [0.15, 0.2) is 30.5 Å². The smallest absolute Gasteiger partial charge is 0.267 e. The molecule has 0 bridgehead atoms. The zero-order chi connectivity index (χ0) is 25.5. The van der Waals surface area contributed by atoms with Crippen LogP contribution in [0.25, 0.3) is 0 Å². The van der Waals surface area contributed by atoms with E-state index in [1.807, 2.05) is 6.07 Å². The lowest BCUT2D eigenvalue weighted by atomic mass is 9.85. The van der Waals surface area contributed by atoms with Gasteiger partial charge in [0.25, 0.3) is 6.43 Å². The second-order valence-corrected chi connectivity index (χ2v) is 9.77. The van der Waals surface area contributed by atoms with Crippen LogP contribution < -0.4 is 20.9 Å². The first-order valence-electron chi connectivity index (χ1n) is 13.1. The fraction of sp³-hybridized carbons (Fsp3) is 0.556. The van der Waals surface area contributed by atoms with Crippen molar-refractivity contribution in [3.05, 3.63) is 41.6 Å². The number of nitrogens with zero attached hydrogens (tertiary/aromatic N) is 3. The van der Waals surface area contributed by atoms with Crippen LogP contribution in [0.4, 0.5) is 31.7 Å². The van der Waals surface area contributed by atoms with Crippen LogP contribution in [0.1, 0.15) is 50.2 Å². The molecule has 1 aliphatic heterocycles. The Hall–Kier alpha value is -2.94. The van der Waals surface area contributed by atoms with Crippen molar-refractivity contribution >= 4 is 28.8 Å². The summed E-state index contributed by atoms with van der Waals surface area (Å²) < 4.78 is 27.2. The third-order valence-corrected chi connectivity index (χ3v) is 7.21. The number of halogens is 2. The van der Waals surface area contributed by atoms with E-state index in [1.54, 1.807) is 6.07 Å². The van der Waals surface area contributed by atoms with Crippen molar-refractivity contribution < 1.29 is 13.6 Å². The minimum atomic E-state index is -2.62. The van der Waals surface area contributed by atoms with E-state index >= 15 is 0 Å². The summed E-state index contributed by atoms with van der Waals surface area (Å²) in [5, 5.41) is 9.38. The molecule has 1 aromatic carbocycles. The number of pyridine rings is 1. The first-order chi connectivity index (χ1) is 17.4. The maximum absolute atomic E-state index is 13.6. The van der Waals surface area contributed by atoms with E-state index in [1.165, 1.54) is 11.9 Å². The minimum Gasteiger partial charge on any atom is -0.384 e. The molecule has 1 saturated carbocycles. The summed E-state index contributed by atoms with van der Waals surface area (Å²) in [4.78, 5) is 20.9. The number of amides is 1. The molecule has 7 nitrogen and oxygen atoms in total. The number of hydrogen-bond donors (Lipinski definition) is 3. The number of carbonyl (C=O) groups is 1. The number of carbonyl (C=O) groups excluding carboxylic acids is 1. The lowest BCUT2D eigenvalue weighted by molar-refractivity contribution is -0.127. The second-order valence-electron chi connectivity index (χ2n) is 9.77. The normalized spacial score (nSPS) is 16.6. The molecule has 36 heavy (non-hydrogen) atoms. The van der Waals surface area contributed by atoms with Crippen LogP contribution in [0.5, 0.6) is 0 Å². The molecule has 2 aliphatic rings. The Kier molecular flexibility index (Phi) is 8.96. The quantitative estimate of drug-likeness (QED) is 0.385. The number of aryl methyl sites for hydroxylation is 1. The van der Waals surface area contributed by atoms with Gasteiger partial charge in [-0.2, -0.15) is 0 Å². The predicted molar refractivity (Wildman–Crippen MR) is 141 cm³/mol. The number of nitrogens with one attached hydrogen (secondary N) is 3. The maximum Gasteiger partial charge on any atom is 0.267 e.